The van der Waals surface area contributed by atoms with Gasteiger partial charge in [0.15, 0.2) is 0 Å². The van der Waals surface area contributed by atoms with E-state index in [0.717, 1.165) is 15.5 Å². The van der Waals surface area contributed by atoms with Gasteiger partial charge in [-0.05, 0) is 47.8 Å². The van der Waals surface area contributed by atoms with Crippen LogP contribution in [0, 0.1) is 5.82 Å². The Morgan fingerprint density at radius 2 is 2.12 bits per heavy atom. The first-order chi connectivity index (χ1) is 12.7. The highest BCUT2D eigenvalue weighted by Gasteiger charge is 2.34. The summed E-state index contributed by atoms with van der Waals surface area (Å²) in [4.78, 5) is 14.7. The lowest BCUT2D eigenvalue weighted by Crippen LogP contribution is -2.28. The maximum atomic E-state index is 13.0. The van der Waals surface area contributed by atoms with Gasteiger partial charge in [0.05, 0.1) is 18.1 Å². The molecule has 1 atom stereocenters. The number of thiophene rings is 1. The van der Waals surface area contributed by atoms with Crippen molar-refractivity contribution in [2.75, 3.05) is 5.75 Å². The second-order valence-corrected chi connectivity index (χ2v) is 7.77. The van der Waals surface area contributed by atoms with Crippen molar-refractivity contribution in [3.05, 3.63) is 76.6 Å². The molecule has 2 aromatic heterocycles. The van der Waals surface area contributed by atoms with Crippen LogP contribution < -0.4 is 0 Å². The number of nitrogens with zero attached hydrogens (tertiary/aromatic N) is 2. The number of hydrogen-bond acceptors (Lipinski definition) is 5. The molecular weight excluding hydrogens is 371 g/mol. The molecule has 7 heteroatoms. The second-order valence-electron chi connectivity index (χ2n) is 5.74. The van der Waals surface area contributed by atoms with Crippen LogP contribution in [0.1, 0.15) is 23.1 Å². The van der Waals surface area contributed by atoms with Gasteiger partial charge in [-0.1, -0.05) is 6.07 Å². The summed E-state index contributed by atoms with van der Waals surface area (Å²) in [5.74, 6) is 0.556. The summed E-state index contributed by atoms with van der Waals surface area (Å²) in [6.07, 6.45) is 2.23. The molecular formula is C19H15FN2O2S2. The van der Waals surface area contributed by atoms with E-state index in [-0.39, 0.29) is 23.5 Å². The highest BCUT2D eigenvalue weighted by molar-refractivity contribution is 8.00. The minimum atomic E-state index is -0.286. The molecule has 0 saturated carbocycles. The molecule has 0 N–H and O–H groups in total. The molecule has 0 fully saturated rings. The first-order valence-corrected chi connectivity index (χ1v) is 9.92. The molecule has 1 aromatic carbocycles. The smallest absolute Gasteiger partial charge is 0.253 e. The molecule has 1 unspecified atom stereocenters. The van der Waals surface area contributed by atoms with Crippen LogP contribution >= 0.6 is 23.1 Å². The van der Waals surface area contributed by atoms with Crippen molar-refractivity contribution in [3.63, 3.8) is 0 Å². The number of carbonyl (C=O) groups excluding carboxylic acids is 1. The topological polar surface area (TPSA) is 45.8 Å². The summed E-state index contributed by atoms with van der Waals surface area (Å²) in [5, 5.41) is 8.09. The van der Waals surface area contributed by atoms with E-state index in [1.54, 1.807) is 34.7 Å². The first kappa shape index (κ1) is 17.1. The van der Waals surface area contributed by atoms with Gasteiger partial charge >= 0.3 is 0 Å². The minimum Gasteiger partial charge on any atom is -0.463 e. The van der Waals surface area contributed by atoms with Crippen molar-refractivity contribution in [2.24, 2.45) is 5.10 Å². The Bertz CT molecular complexity index is 906. The molecule has 0 radical (unpaired) electrons. The maximum Gasteiger partial charge on any atom is 0.253 e. The minimum absolute atomic E-state index is 0.0840. The molecule has 0 spiro atoms. The lowest BCUT2D eigenvalue weighted by Gasteiger charge is -2.20. The summed E-state index contributed by atoms with van der Waals surface area (Å²) < 4.78 is 18.5. The van der Waals surface area contributed by atoms with Crippen LogP contribution in [0.5, 0.6) is 0 Å². The van der Waals surface area contributed by atoms with E-state index in [4.69, 9.17) is 4.42 Å². The van der Waals surface area contributed by atoms with Crippen LogP contribution in [0.4, 0.5) is 4.39 Å². The molecule has 4 nitrogen and oxygen atoms in total. The highest BCUT2D eigenvalue weighted by Crippen LogP contribution is 2.35. The van der Waals surface area contributed by atoms with Crippen molar-refractivity contribution >= 4 is 34.7 Å². The lowest BCUT2D eigenvalue weighted by atomic mass is 10.1. The van der Waals surface area contributed by atoms with Crippen molar-refractivity contribution < 1.29 is 13.6 Å². The molecule has 4 rings (SSSR count). The van der Waals surface area contributed by atoms with Gasteiger partial charge in [-0.2, -0.15) is 5.10 Å². The van der Waals surface area contributed by atoms with Gasteiger partial charge in [0.1, 0.15) is 17.3 Å². The number of hydrazone groups is 1. The number of thioether (sulfide) groups is 1. The fraction of sp³-hybridized carbons (Fsp3) is 0.158. The van der Waals surface area contributed by atoms with Gasteiger partial charge in [0.25, 0.3) is 5.91 Å². The third kappa shape index (κ3) is 3.59. The van der Waals surface area contributed by atoms with Crippen molar-refractivity contribution in [1.82, 2.24) is 5.01 Å². The molecule has 0 bridgehead atoms. The Kier molecular flexibility index (Phi) is 4.90. The van der Waals surface area contributed by atoms with Crippen LogP contribution in [-0.4, -0.2) is 22.4 Å². The SMILES string of the molecule is O=C(CSc1ccc(F)cc1)N1N=C(c2ccco2)CC1c1cccs1. The monoisotopic (exact) mass is 386 g/mol. The zero-order chi connectivity index (χ0) is 17.9. The third-order valence-corrected chi connectivity index (χ3v) is 5.99. The Morgan fingerprint density at radius 3 is 2.81 bits per heavy atom. The lowest BCUT2D eigenvalue weighted by molar-refractivity contribution is -0.130. The summed E-state index contributed by atoms with van der Waals surface area (Å²) in [5.41, 5.74) is 0.772. The Morgan fingerprint density at radius 1 is 1.27 bits per heavy atom. The zero-order valence-corrected chi connectivity index (χ0v) is 15.3. The van der Waals surface area contributed by atoms with E-state index in [1.165, 1.54) is 23.9 Å². The average molecular weight is 386 g/mol. The number of furan rings is 1. The van der Waals surface area contributed by atoms with Gasteiger partial charge < -0.3 is 4.42 Å². The number of rotatable bonds is 5. The van der Waals surface area contributed by atoms with Crippen molar-refractivity contribution in [3.8, 4) is 0 Å². The first-order valence-electron chi connectivity index (χ1n) is 8.06. The van der Waals surface area contributed by atoms with E-state index in [9.17, 15) is 9.18 Å². The molecule has 3 aromatic rings. The fourth-order valence-corrected chi connectivity index (χ4v) is 4.34. The van der Waals surface area contributed by atoms with Gasteiger partial charge in [-0.25, -0.2) is 9.40 Å². The summed E-state index contributed by atoms with van der Waals surface area (Å²) in [6, 6.07) is 13.7. The summed E-state index contributed by atoms with van der Waals surface area (Å²) in [6.45, 7) is 0. The number of carbonyl (C=O) groups is 1. The molecule has 1 aliphatic heterocycles. The Hall–Kier alpha value is -2.38. The van der Waals surface area contributed by atoms with E-state index >= 15 is 0 Å². The van der Waals surface area contributed by atoms with E-state index in [2.05, 4.69) is 5.10 Å². The number of halogens is 1. The Balaban J connectivity index is 1.52. The molecule has 0 aliphatic carbocycles. The molecule has 1 aliphatic rings. The average Bonchev–Trinajstić information content (AvgIpc) is 3.41. The molecule has 0 saturated heterocycles. The van der Waals surface area contributed by atoms with Crippen molar-refractivity contribution in [1.29, 1.82) is 0 Å². The standard InChI is InChI=1S/C19H15FN2O2S2/c20-13-5-7-14(8-6-13)26-12-19(23)22-16(18-4-2-10-25-18)11-15(21-22)17-3-1-9-24-17/h1-10,16H,11-12H2. The van der Waals surface area contributed by atoms with Gasteiger partial charge in [0, 0.05) is 16.2 Å². The third-order valence-electron chi connectivity index (χ3n) is 4.02. The predicted molar refractivity (Wildman–Crippen MR) is 101 cm³/mol. The van der Waals surface area contributed by atoms with Gasteiger partial charge in [0.2, 0.25) is 0 Å². The maximum absolute atomic E-state index is 13.0. The summed E-state index contributed by atoms with van der Waals surface area (Å²) >= 11 is 2.99. The number of benzene rings is 1. The van der Waals surface area contributed by atoms with Gasteiger partial charge in [-0.15, -0.1) is 23.1 Å². The van der Waals surface area contributed by atoms with Gasteiger partial charge in [-0.3, -0.25) is 4.79 Å². The Labute approximate surface area is 158 Å². The number of amides is 1. The largest absolute Gasteiger partial charge is 0.463 e. The van der Waals surface area contributed by atoms with E-state index < -0.39 is 0 Å². The zero-order valence-electron chi connectivity index (χ0n) is 13.7. The second kappa shape index (κ2) is 7.47. The summed E-state index contributed by atoms with van der Waals surface area (Å²) in [7, 11) is 0. The van der Waals surface area contributed by atoms with Crippen LogP contribution in [0.25, 0.3) is 0 Å². The fourth-order valence-electron chi connectivity index (χ4n) is 2.78. The van der Waals surface area contributed by atoms with Crippen molar-refractivity contribution in [2.45, 2.75) is 17.4 Å². The van der Waals surface area contributed by atoms with Crippen LogP contribution in [0.3, 0.4) is 0 Å². The van der Waals surface area contributed by atoms with Crippen LogP contribution in [0.2, 0.25) is 0 Å². The van der Waals surface area contributed by atoms with E-state index in [1.807, 2.05) is 29.6 Å². The normalized spacial score (nSPS) is 16.7. The highest BCUT2D eigenvalue weighted by atomic mass is 32.2. The van der Waals surface area contributed by atoms with E-state index in [0.29, 0.717) is 12.2 Å². The molecule has 1 amide bonds. The van der Waals surface area contributed by atoms with Crippen LogP contribution in [-0.2, 0) is 4.79 Å². The molecule has 26 heavy (non-hydrogen) atoms. The van der Waals surface area contributed by atoms with Crippen LogP contribution in [0.15, 0.2) is 74.6 Å². The number of hydrogen-bond donors (Lipinski definition) is 0. The molecule has 3 heterocycles. The molecule has 132 valence electrons. The predicted octanol–water partition coefficient (Wildman–Crippen LogP) is 4.95. The quantitative estimate of drug-likeness (QED) is 0.583.